The lowest BCUT2D eigenvalue weighted by atomic mass is 10.1. The van der Waals surface area contributed by atoms with Crippen LogP contribution in [-0.4, -0.2) is 12.5 Å². The highest BCUT2D eigenvalue weighted by Gasteiger charge is 2.12. The van der Waals surface area contributed by atoms with E-state index in [1.807, 2.05) is 13.0 Å². The third-order valence-electron chi connectivity index (χ3n) is 4.35. The Kier molecular flexibility index (Phi) is 8.01. The zero-order valence-corrected chi connectivity index (χ0v) is 18.9. The molecule has 3 aromatic carbocycles. The highest BCUT2D eigenvalue weighted by molar-refractivity contribution is 9.10. The smallest absolute Gasteiger partial charge is 0.266 e. The zero-order valence-electron chi connectivity index (χ0n) is 17.3. The molecule has 7 heteroatoms. The van der Waals surface area contributed by atoms with E-state index in [0.29, 0.717) is 29.4 Å². The topological polar surface area (TPSA) is 71.3 Å². The molecule has 3 rings (SSSR count). The van der Waals surface area contributed by atoms with Gasteiger partial charge in [0.25, 0.3) is 5.91 Å². The van der Waals surface area contributed by atoms with Gasteiger partial charge in [-0.2, -0.15) is 5.26 Å². The van der Waals surface area contributed by atoms with Crippen LogP contribution < -0.4 is 14.8 Å². The van der Waals surface area contributed by atoms with E-state index in [0.717, 1.165) is 10.0 Å². The van der Waals surface area contributed by atoms with E-state index in [4.69, 9.17) is 9.47 Å². The Morgan fingerprint density at radius 1 is 1.06 bits per heavy atom. The molecule has 0 aliphatic heterocycles. The van der Waals surface area contributed by atoms with Gasteiger partial charge in [-0.3, -0.25) is 4.79 Å². The van der Waals surface area contributed by atoms with Crippen molar-refractivity contribution in [3.8, 4) is 17.6 Å². The third kappa shape index (κ3) is 6.43. The SMILES string of the molecule is CCOc1cc(/C=C(/C#N)C(=O)Nc2ccc(Br)cc2)ccc1OCc1ccc(F)cc1. The maximum atomic E-state index is 13.1. The van der Waals surface area contributed by atoms with Gasteiger partial charge >= 0.3 is 0 Å². The Hall–Kier alpha value is -3.63. The van der Waals surface area contributed by atoms with Crippen LogP contribution in [0.4, 0.5) is 10.1 Å². The molecule has 0 fully saturated rings. The van der Waals surface area contributed by atoms with E-state index >= 15 is 0 Å². The number of amides is 1. The normalized spacial score (nSPS) is 10.9. The Morgan fingerprint density at radius 3 is 2.44 bits per heavy atom. The lowest BCUT2D eigenvalue weighted by molar-refractivity contribution is -0.112. The minimum Gasteiger partial charge on any atom is -0.490 e. The second kappa shape index (κ2) is 11.1. The third-order valence-corrected chi connectivity index (χ3v) is 4.88. The van der Waals surface area contributed by atoms with Gasteiger partial charge in [0.15, 0.2) is 11.5 Å². The van der Waals surface area contributed by atoms with Crippen molar-refractivity contribution >= 4 is 33.6 Å². The predicted octanol–water partition coefficient (Wildman–Crippen LogP) is 6.11. The van der Waals surface area contributed by atoms with Crippen molar-refractivity contribution in [3.05, 3.63) is 93.7 Å². The maximum Gasteiger partial charge on any atom is 0.266 e. The number of nitrogens with zero attached hydrogens (tertiary/aromatic N) is 1. The number of benzene rings is 3. The first kappa shape index (κ1) is 23.0. The molecule has 5 nitrogen and oxygen atoms in total. The van der Waals surface area contributed by atoms with Gasteiger partial charge in [-0.05, 0) is 72.7 Å². The van der Waals surface area contributed by atoms with Crippen molar-refractivity contribution in [2.24, 2.45) is 0 Å². The summed E-state index contributed by atoms with van der Waals surface area (Å²) in [5, 5.41) is 12.2. The standard InChI is InChI=1S/C25H20BrFN2O3/c1-2-31-24-14-18(5-12-23(24)32-16-17-3-8-21(27)9-4-17)13-19(15-28)25(30)29-22-10-6-20(26)7-11-22/h3-14H,2,16H2,1H3,(H,29,30)/b19-13-. The Labute approximate surface area is 194 Å². The van der Waals surface area contributed by atoms with E-state index in [1.165, 1.54) is 18.2 Å². The summed E-state index contributed by atoms with van der Waals surface area (Å²) >= 11 is 3.34. The van der Waals surface area contributed by atoms with Crippen LogP contribution in [0.15, 0.2) is 76.8 Å². The fourth-order valence-electron chi connectivity index (χ4n) is 2.79. The van der Waals surface area contributed by atoms with E-state index in [2.05, 4.69) is 21.2 Å². The monoisotopic (exact) mass is 494 g/mol. The van der Waals surface area contributed by atoms with Gasteiger partial charge < -0.3 is 14.8 Å². The highest BCUT2D eigenvalue weighted by atomic mass is 79.9. The molecule has 32 heavy (non-hydrogen) atoms. The summed E-state index contributed by atoms with van der Waals surface area (Å²) in [6.07, 6.45) is 1.49. The molecular formula is C25H20BrFN2O3. The zero-order chi connectivity index (χ0) is 22.9. The van der Waals surface area contributed by atoms with Crippen LogP contribution in [0.5, 0.6) is 11.5 Å². The summed E-state index contributed by atoms with van der Waals surface area (Å²) in [6.45, 7) is 2.50. The first-order valence-corrected chi connectivity index (χ1v) is 10.6. The van der Waals surface area contributed by atoms with Crippen LogP contribution in [0.3, 0.4) is 0 Å². The predicted molar refractivity (Wildman–Crippen MR) is 125 cm³/mol. The Bertz CT molecular complexity index is 1150. The number of rotatable bonds is 8. The van der Waals surface area contributed by atoms with E-state index in [-0.39, 0.29) is 18.0 Å². The second-order valence-electron chi connectivity index (χ2n) is 6.69. The van der Waals surface area contributed by atoms with Gasteiger partial charge in [-0.15, -0.1) is 0 Å². The van der Waals surface area contributed by atoms with Crippen molar-refractivity contribution in [1.29, 1.82) is 5.26 Å². The van der Waals surface area contributed by atoms with Crippen molar-refractivity contribution in [3.63, 3.8) is 0 Å². The van der Waals surface area contributed by atoms with Gasteiger partial charge in [0.05, 0.1) is 6.61 Å². The molecule has 3 aromatic rings. The lowest BCUT2D eigenvalue weighted by Gasteiger charge is -2.13. The van der Waals surface area contributed by atoms with Gasteiger partial charge in [-0.1, -0.05) is 34.1 Å². The van der Waals surface area contributed by atoms with Crippen LogP contribution in [-0.2, 0) is 11.4 Å². The number of carbonyl (C=O) groups excluding carboxylic acids is 1. The van der Waals surface area contributed by atoms with Crippen LogP contribution in [0.25, 0.3) is 6.08 Å². The highest BCUT2D eigenvalue weighted by Crippen LogP contribution is 2.30. The molecule has 0 aliphatic rings. The summed E-state index contributed by atoms with van der Waals surface area (Å²) in [6, 6.07) is 20.2. The maximum absolute atomic E-state index is 13.1. The number of hydrogen-bond acceptors (Lipinski definition) is 4. The summed E-state index contributed by atoms with van der Waals surface area (Å²) in [5.74, 6) is 0.168. The van der Waals surface area contributed by atoms with Crippen LogP contribution in [0.1, 0.15) is 18.1 Å². The number of hydrogen-bond donors (Lipinski definition) is 1. The molecule has 0 aromatic heterocycles. The molecule has 0 radical (unpaired) electrons. The van der Waals surface area contributed by atoms with Crippen LogP contribution >= 0.6 is 15.9 Å². The van der Waals surface area contributed by atoms with Gasteiger partial charge in [-0.25, -0.2) is 4.39 Å². The van der Waals surface area contributed by atoms with Crippen LogP contribution in [0.2, 0.25) is 0 Å². The Morgan fingerprint density at radius 2 is 1.78 bits per heavy atom. The number of anilines is 1. The van der Waals surface area contributed by atoms with Crippen molar-refractivity contribution in [2.45, 2.75) is 13.5 Å². The molecule has 162 valence electrons. The average Bonchev–Trinajstić information content (AvgIpc) is 2.79. The van der Waals surface area contributed by atoms with Gasteiger partial charge in [0, 0.05) is 10.2 Å². The fraction of sp³-hybridized carbons (Fsp3) is 0.120. The molecule has 0 bridgehead atoms. The number of nitrogens with one attached hydrogen (secondary N) is 1. The van der Waals surface area contributed by atoms with E-state index in [1.54, 1.807) is 54.6 Å². The molecule has 1 N–H and O–H groups in total. The lowest BCUT2D eigenvalue weighted by Crippen LogP contribution is -2.13. The van der Waals surface area contributed by atoms with E-state index < -0.39 is 5.91 Å². The minimum absolute atomic E-state index is 0.0460. The quantitative estimate of drug-likeness (QED) is 0.302. The average molecular weight is 495 g/mol. The molecule has 0 saturated heterocycles. The second-order valence-corrected chi connectivity index (χ2v) is 7.60. The van der Waals surface area contributed by atoms with Crippen molar-refractivity contribution in [1.82, 2.24) is 0 Å². The van der Waals surface area contributed by atoms with E-state index in [9.17, 15) is 14.4 Å². The molecule has 0 atom stereocenters. The number of halogens is 2. The summed E-state index contributed by atoms with van der Waals surface area (Å²) in [5.41, 5.74) is 1.97. The molecule has 0 spiro atoms. The first-order chi connectivity index (χ1) is 15.5. The minimum atomic E-state index is -0.510. The van der Waals surface area contributed by atoms with Gasteiger partial charge in [0.2, 0.25) is 0 Å². The fourth-order valence-corrected chi connectivity index (χ4v) is 3.05. The number of nitriles is 1. The van der Waals surface area contributed by atoms with Crippen molar-refractivity contribution < 1.29 is 18.7 Å². The largest absolute Gasteiger partial charge is 0.490 e. The molecule has 0 aliphatic carbocycles. The van der Waals surface area contributed by atoms with Gasteiger partial charge in [0.1, 0.15) is 24.1 Å². The van der Waals surface area contributed by atoms with Crippen LogP contribution in [0, 0.1) is 17.1 Å². The summed E-state index contributed by atoms with van der Waals surface area (Å²) in [7, 11) is 0. The van der Waals surface area contributed by atoms with Crippen molar-refractivity contribution in [2.75, 3.05) is 11.9 Å². The first-order valence-electron chi connectivity index (χ1n) is 9.81. The Balaban J connectivity index is 1.76. The summed E-state index contributed by atoms with van der Waals surface area (Å²) in [4.78, 5) is 12.5. The number of carbonyl (C=O) groups is 1. The molecular weight excluding hydrogens is 475 g/mol. The molecule has 0 saturated carbocycles. The molecule has 1 amide bonds. The number of ether oxygens (including phenoxy) is 2. The summed E-state index contributed by atoms with van der Waals surface area (Å²) < 4.78 is 25.4. The molecule has 0 unspecified atom stereocenters. The molecule has 0 heterocycles.